The molecule has 2 heteroatoms. The van der Waals surface area contributed by atoms with Crippen LogP contribution in [0.4, 0.5) is 0 Å². The van der Waals surface area contributed by atoms with Gasteiger partial charge >= 0.3 is 0 Å². The molecule has 0 unspecified atom stereocenters. The molecular formula is C10H13NO. The molecule has 0 bridgehead atoms. The van der Waals surface area contributed by atoms with E-state index < -0.39 is 0 Å². The Morgan fingerprint density at radius 1 is 1.42 bits per heavy atom. The van der Waals surface area contributed by atoms with E-state index in [9.17, 15) is 0 Å². The van der Waals surface area contributed by atoms with Crippen molar-refractivity contribution in [2.75, 3.05) is 0 Å². The topological polar surface area (TPSA) is 22.1 Å². The summed E-state index contributed by atoms with van der Waals surface area (Å²) in [7, 11) is 0. The Balaban J connectivity index is 2.39. The van der Waals surface area contributed by atoms with Crippen LogP contribution in [-0.2, 0) is 5.60 Å². The summed E-state index contributed by atoms with van der Waals surface area (Å²) in [6.45, 7) is 4.28. The fraction of sp³-hybridized carbons (Fsp3) is 0.500. The number of pyridine rings is 1. The lowest BCUT2D eigenvalue weighted by atomic mass is 9.87. The molecule has 0 atom stereocenters. The number of aromatic nitrogens is 1. The van der Waals surface area contributed by atoms with Crippen molar-refractivity contribution in [3.8, 4) is 5.75 Å². The molecule has 0 amide bonds. The molecule has 64 valence electrons. The minimum Gasteiger partial charge on any atom is -0.479 e. The Kier molecular flexibility index (Phi) is 1.56. The molecule has 0 spiro atoms. The third kappa shape index (κ3) is 0.779. The Morgan fingerprint density at radius 2 is 2.17 bits per heavy atom. The third-order valence-corrected chi connectivity index (χ3v) is 2.65. The van der Waals surface area contributed by atoms with E-state index in [0.29, 0.717) is 0 Å². The summed E-state index contributed by atoms with van der Waals surface area (Å²) in [5.74, 6) is 0.959. The normalized spacial score (nSPS) is 17.5. The molecule has 0 aliphatic carbocycles. The molecule has 0 saturated heterocycles. The van der Waals surface area contributed by atoms with Gasteiger partial charge in [-0.25, -0.2) is 0 Å². The summed E-state index contributed by atoms with van der Waals surface area (Å²) in [5, 5.41) is 0. The van der Waals surface area contributed by atoms with Crippen LogP contribution in [0.1, 0.15) is 32.4 Å². The third-order valence-electron chi connectivity index (χ3n) is 2.65. The van der Waals surface area contributed by atoms with Crippen LogP contribution < -0.4 is 4.74 Å². The highest BCUT2D eigenvalue weighted by Gasteiger charge is 2.43. The van der Waals surface area contributed by atoms with Crippen molar-refractivity contribution < 1.29 is 4.74 Å². The van der Waals surface area contributed by atoms with Gasteiger partial charge < -0.3 is 4.74 Å². The quantitative estimate of drug-likeness (QED) is 0.668. The summed E-state index contributed by atoms with van der Waals surface area (Å²) in [5.41, 5.74) is 1.06. The second-order valence-electron chi connectivity index (χ2n) is 3.15. The van der Waals surface area contributed by atoms with Crippen molar-refractivity contribution in [3.63, 3.8) is 0 Å². The molecule has 0 radical (unpaired) electrons. The van der Waals surface area contributed by atoms with Crippen molar-refractivity contribution in [3.05, 3.63) is 24.0 Å². The van der Waals surface area contributed by atoms with E-state index >= 15 is 0 Å². The Labute approximate surface area is 72.6 Å². The lowest BCUT2D eigenvalue weighted by molar-refractivity contribution is -0.00134. The molecule has 0 aromatic carbocycles. The van der Waals surface area contributed by atoms with E-state index in [1.54, 1.807) is 0 Å². The lowest BCUT2D eigenvalue weighted by Gasteiger charge is -2.41. The van der Waals surface area contributed by atoms with Gasteiger partial charge in [0.25, 0.3) is 0 Å². The van der Waals surface area contributed by atoms with E-state index in [1.807, 2.05) is 18.3 Å². The molecule has 1 aliphatic rings. The highest BCUT2D eigenvalue weighted by Crippen LogP contribution is 2.46. The Hall–Kier alpha value is -1.05. The minimum absolute atomic E-state index is 0.0728. The van der Waals surface area contributed by atoms with Crippen LogP contribution in [0.25, 0.3) is 0 Å². The van der Waals surface area contributed by atoms with Crippen LogP contribution in [0.3, 0.4) is 0 Å². The highest BCUT2D eigenvalue weighted by atomic mass is 16.5. The zero-order chi connectivity index (χ0) is 8.60. The van der Waals surface area contributed by atoms with E-state index in [4.69, 9.17) is 4.74 Å². The maximum atomic E-state index is 5.71. The molecule has 1 aliphatic heterocycles. The number of nitrogens with zero attached hydrogens (tertiary/aromatic N) is 1. The first-order valence-electron chi connectivity index (χ1n) is 4.47. The van der Waals surface area contributed by atoms with Crippen molar-refractivity contribution in [2.24, 2.45) is 0 Å². The SMILES string of the molecule is CCC1(CC)Oc2cccnc21. The molecule has 0 fully saturated rings. The molecule has 0 saturated carbocycles. The number of hydrogen-bond donors (Lipinski definition) is 0. The molecule has 12 heavy (non-hydrogen) atoms. The van der Waals surface area contributed by atoms with Crippen molar-refractivity contribution >= 4 is 0 Å². The number of hydrogen-bond acceptors (Lipinski definition) is 2. The van der Waals surface area contributed by atoms with Crippen molar-refractivity contribution in [1.82, 2.24) is 4.98 Å². The molecule has 2 heterocycles. The molecule has 1 aromatic heterocycles. The smallest absolute Gasteiger partial charge is 0.154 e. The summed E-state index contributed by atoms with van der Waals surface area (Å²) in [6, 6.07) is 3.89. The Bertz CT molecular complexity index is 292. The monoisotopic (exact) mass is 163 g/mol. The zero-order valence-electron chi connectivity index (χ0n) is 7.50. The van der Waals surface area contributed by atoms with Crippen LogP contribution in [0.15, 0.2) is 18.3 Å². The highest BCUT2D eigenvalue weighted by molar-refractivity contribution is 5.40. The Morgan fingerprint density at radius 3 is 2.75 bits per heavy atom. The number of rotatable bonds is 2. The van der Waals surface area contributed by atoms with E-state index in [0.717, 1.165) is 24.3 Å². The summed E-state index contributed by atoms with van der Waals surface area (Å²) < 4.78 is 5.71. The standard InChI is InChI=1S/C10H13NO/c1-3-10(4-2)9-8(12-10)6-5-7-11-9/h5-7H,3-4H2,1-2H3. The van der Waals surface area contributed by atoms with Gasteiger partial charge in [-0.05, 0) is 25.0 Å². The summed E-state index contributed by atoms with van der Waals surface area (Å²) in [6.07, 6.45) is 3.85. The van der Waals surface area contributed by atoms with Gasteiger partial charge in [0.05, 0.1) is 0 Å². The van der Waals surface area contributed by atoms with Gasteiger partial charge in [0, 0.05) is 6.20 Å². The van der Waals surface area contributed by atoms with E-state index in [-0.39, 0.29) is 5.60 Å². The van der Waals surface area contributed by atoms with Gasteiger partial charge in [-0.1, -0.05) is 13.8 Å². The largest absolute Gasteiger partial charge is 0.479 e. The van der Waals surface area contributed by atoms with Crippen LogP contribution in [0.2, 0.25) is 0 Å². The minimum atomic E-state index is -0.0728. The van der Waals surface area contributed by atoms with Gasteiger partial charge in [0.1, 0.15) is 11.4 Å². The average molecular weight is 163 g/mol. The van der Waals surface area contributed by atoms with Crippen LogP contribution in [-0.4, -0.2) is 4.98 Å². The summed E-state index contributed by atoms with van der Waals surface area (Å²) in [4.78, 5) is 4.34. The molecule has 2 rings (SSSR count). The first-order chi connectivity index (χ1) is 5.82. The van der Waals surface area contributed by atoms with Gasteiger partial charge in [-0.3, -0.25) is 4.98 Å². The number of fused-ring (bicyclic) bond motifs is 1. The predicted molar refractivity (Wildman–Crippen MR) is 47.1 cm³/mol. The fourth-order valence-corrected chi connectivity index (χ4v) is 1.76. The predicted octanol–water partition coefficient (Wildman–Crippen LogP) is 2.49. The summed E-state index contributed by atoms with van der Waals surface area (Å²) >= 11 is 0. The van der Waals surface area contributed by atoms with Gasteiger partial charge in [-0.2, -0.15) is 0 Å². The molecular weight excluding hydrogens is 150 g/mol. The van der Waals surface area contributed by atoms with Gasteiger partial charge in [0.15, 0.2) is 5.60 Å². The van der Waals surface area contributed by atoms with Gasteiger partial charge in [-0.15, -0.1) is 0 Å². The second kappa shape index (κ2) is 2.47. The maximum absolute atomic E-state index is 5.71. The van der Waals surface area contributed by atoms with Crippen LogP contribution in [0, 0.1) is 0 Å². The van der Waals surface area contributed by atoms with E-state index in [2.05, 4.69) is 18.8 Å². The zero-order valence-corrected chi connectivity index (χ0v) is 7.50. The van der Waals surface area contributed by atoms with E-state index in [1.165, 1.54) is 0 Å². The van der Waals surface area contributed by atoms with Crippen molar-refractivity contribution in [1.29, 1.82) is 0 Å². The number of ether oxygens (including phenoxy) is 1. The second-order valence-corrected chi connectivity index (χ2v) is 3.15. The lowest BCUT2D eigenvalue weighted by Crippen LogP contribution is -2.41. The maximum Gasteiger partial charge on any atom is 0.154 e. The first-order valence-corrected chi connectivity index (χ1v) is 4.47. The average Bonchev–Trinajstić information content (AvgIpc) is 2.09. The first kappa shape index (κ1) is 7.59. The van der Waals surface area contributed by atoms with Crippen molar-refractivity contribution in [2.45, 2.75) is 32.3 Å². The van der Waals surface area contributed by atoms with Crippen LogP contribution in [0.5, 0.6) is 5.75 Å². The molecule has 2 nitrogen and oxygen atoms in total. The van der Waals surface area contributed by atoms with Crippen LogP contribution >= 0.6 is 0 Å². The molecule has 0 N–H and O–H groups in total. The molecule has 1 aromatic rings. The van der Waals surface area contributed by atoms with Gasteiger partial charge in [0.2, 0.25) is 0 Å². The fourth-order valence-electron chi connectivity index (χ4n) is 1.76.